The average Bonchev–Trinajstić information content (AvgIpc) is 3.13. The van der Waals surface area contributed by atoms with E-state index < -0.39 is 0 Å². The maximum atomic E-state index is 8.77. The minimum absolute atomic E-state index is 0.589. The van der Waals surface area contributed by atoms with Crippen LogP contribution in [0.15, 0.2) is 24.3 Å². The predicted molar refractivity (Wildman–Crippen MR) is 69.4 cm³/mol. The Morgan fingerprint density at radius 2 is 1.94 bits per heavy atom. The van der Waals surface area contributed by atoms with E-state index in [2.05, 4.69) is 36.9 Å². The van der Waals surface area contributed by atoms with E-state index in [-0.39, 0.29) is 0 Å². The molecule has 0 saturated heterocycles. The topological polar surface area (TPSA) is 27.0 Å². The van der Waals surface area contributed by atoms with E-state index in [0.717, 1.165) is 18.0 Å². The molecule has 0 radical (unpaired) electrons. The van der Waals surface area contributed by atoms with Gasteiger partial charge in [0.15, 0.2) is 0 Å². The van der Waals surface area contributed by atoms with Gasteiger partial charge < -0.3 is 0 Å². The van der Waals surface area contributed by atoms with Gasteiger partial charge in [-0.15, -0.1) is 0 Å². The summed E-state index contributed by atoms with van der Waals surface area (Å²) in [5.74, 6) is 0.927. The Morgan fingerprint density at radius 1 is 1.29 bits per heavy atom. The molecule has 0 spiro atoms. The number of hydrogen-bond acceptors (Lipinski definition) is 2. The summed E-state index contributed by atoms with van der Waals surface area (Å²) in [7, 11) is 0. The van der Waals surface area contributed by atoms with Crippen LogP contribution in [0.5, 0.6) is 0 Å². The average molecular weight is 228 g/mol. The van der Waals surface area contributed by atoms with Gasteiger partial charge in [0.1, 0.15) is 0 Å². The van der Waals surface area contributed by atoms with Crippen molar-refractivity contribution in [3.05, 3.63) is 35.4 Å². The molecular formula is C15H20N2. The first-order valence-electron chi connectivity index (χ1n) is 6.42. The second kappa shape index (κ2) is 5.33. The molecule has 1 fully saturated rings. The van der Waals surface area contributed by atoms with E-state index in [1.807, 2.05) is 12.1 Å². The zero-order valence-corrected chi connectivity index (χ0v) is 10.7. The van der Waals surface area contributed by atoms with Gasteiger partial charge in [0.25, 0.3) is 0 Å². The van der Waals surface area contributed by atoms with Crippen molar-refractivity contribution in [3.8, 4) is 6.07 Å². The Hall–Kier alpha value is -1.33. The van der Waals surface area contributed by atoms with E-state index in [1.165, 1.54) is 24.9 Å². The SMILES string of the molecule is CC(C)N(Cc1ccc(C#N)cc1)CC1CC1. The standard InChI is InChI=1S/C15H20N2/c1-12(2)17(11-15-7-8-15)10-14-5-3-13(9-16)4-6-14/h3-6,12,15H,7-8,10-11H2,1-2H3. The highest BCUT2D eigenvalue weighted by Gasteiger charge is 2.25. The van der Waals surface area contributed by atoms with Crippen LogP contribution in [-0.4, -0.2) is 17.5 Å². The van der Waals surface area contributed by atoms with E-state index >= 15 is 0 Å². The van der Waals surface area contributed by atoms with Crippen LogP contribution in [0.25, 0.3) is 0 Å². The van der Waals surface area contributed by atoms with Crippen LogP contribution in [0.2, 0.25) is 0 Å². The summed E-state index contributed by atoms with van der Waals surface area (Å²) < 4.78 is 0. The molecule has 0 heterocycles. The molecule has 1 aromatic carbocycles. The molecular weight excluding hydrogens is 208 g/mol. The molecule has 0 bridgehead atoms. The van der Waals surface area contributed by atoms with Gasteiger partial charge in [0, 0.05) is 19.1 Å². The lowest BCUT2D eigenvalue weighted by Gasteiger charge is -2.26. The van der Waals surface area contributed by atoms with Crippen molar-refractivity contribution in [2.75, 3.05) is 6.54 Å². The van der Waals surface area contributed by atoms with Gasteiger partial charge in [-0.1, -0.05) is 12.1 Å². The summed E-state index contributed by atoms with van der Waals surface area (Å²) in [6, 6.07) is 10.7. The molecule has 2 heteroatoms. The number of hydrogen-bond donors (Lipinski definition) is 0. The smallest absolute Gasteiger partial charge is 0.0991 e. The Balaban J connectivity index is 1.98. The zero-order valence-electron chi connectivity index (χ0n) is 10.7. The van der Waals surface area contributed by atoms with Crippen molar-refractivity contribution < 1.29 is 0 Å². The molecule has 2 rings (SSSR count). The Morgan fingerprint density at radius 3 is 2.41 bits per heavy atom. The molecule has 0 aromatic heterocycles. The van der Waals surface area contributed by atoms with Crippen LogP contribution in [0, 0.1) is 17.2 Å². The van der Waals surface area contributed by atoms with E-state index in [0.29, 0.717) is 6.04 Å². The highest BCUT2D eigenvalue weighted by Crippen LogP contribution is 2.30. The summed E-state index contributed by atoms with van der Waals surface area (Å²) in [5.41, 5.74) is 2.05. The fourth-order valence-corrected chi connectivity index (χ4v) is 2.01. The van der Waals surface area contributed by atoms with Gasteiger partial charge in [-0.3, -0.25) is 4.90 Å². The molecule has 17 heavy (non-hydrogen) atoms. The van der Waals surface area contributed by atoms with Crippen LogP contribution in [0.1, 0.15) is 37.8 Å². The molecule has 0 aliphatic heterocycles. The maximum absolute atomic E-state index is 8.77. The van der Waals surface area contributed by atoms with E-state index in [9.17, 15) is 0 Å². The highest BCUT2D eigenvalue weighted by atomic mass is 15.1. The summed E-state index contributed by atoms with van der Waals surface area (Å²) in [6.07, 6.45) is 2.80. The van der Waals surface area contributed by atoms with Crippen molar-refractivity contribution in [3.63, 3.8) is 0 Å². The second-order valence-electron chi connectivity index (χ2n) is 5.28. The normalized spacial score (nSPS) is 15.2. The fraction of sp³-hybridized carbons (Fsp3) is 0.533. The van der Waals surface area contributed by atoms with Crippen LogP contribution < -0.4 is 0 Å². The molecule has 90 valence electrons. The number of nitrogens with zero attached hydrogens (tertiary/aromatic N) is 2. The monoisotopic (exact) mass is 228 g/mol. The maximum Gasteiger partial charge on any atom is 0.0991 e. The first kappa shape index (κ1) is 12.1. The lowest BCUT2D eigenvalue weighted by molar-refractivity contribution is 0.204. The zero-order chi connectivity index (χ0) is 12.3. The van der Waals surface area contributed by atoms with Gasteiger partial charge in [0.05, 0.1) is 11.6 Å². The van der Waals surface area contributed by atoms with E-state index in [1.54, 1.807) is 0 Å². The number of nitriles is 1. The minimum atomic E-state index is 0.589. The first-order chi connectivity index (χ1) is 8.19. The third-order valence-electron chi connectivity index (χ3n) is 3.39. The summed E-state index contributed by atoms with van der Waals surface area (Å²) >= 11 is 0. The van der Waals surface area contributed by atoms with E-state index in [4.69, 9.17) is 5.26 Å². The van der Waals surface area contributed by atoms with Crippen molar-refractivity contribution in [1.82, 2.24) is 4.90 Å². The van der Waals surface area contributed by atoms with Crippen LogP contribution in [0.3, 0.4) is 0 Å². The molecule has 0 atom stereocenters. The molecule has 0 N–H and O–H groups in total. The highest BCUT2D eigenvalue weighted by molar-refractivity contribution is 5.31. The molecule has 1 aromatic rings. The molecule has 0 amide bonds. The van der Waals surface area contributed by atoms with Crippen molar-refractivity contribution in [2.24, 2.45) is 5.92 Å². The van der Waals surface area contributed by atoms with Crippen LogP contribution >= 0.6 is 0 Å². The fourth-order valence-electron chi connectivity index (χ4n) is 2.01. The molecule has 2 nitrogen and oxygen atoms in total. The molecule has 1 aliphatic carbocycles. The molecule has 0 unspecified atom stereocenters. The summed E-state index contributed by atoms with van der Waals surface area (Å²) in [5, 5.41) is 8.77. The lowest BCUT2D eigenvalue weighted by atomic mass is 10.1. The molecule has 1 saturated carbocycles. The Labute approximate surface area is 104 Å². The quantitative estimate of drug-likeness (QED) is 0.774. The summed E-state index contributed by atoms with van der Waals surface area (Å²) in [6.45, 7) is 6.73. The summed E-state index contributed by atoms with van der Waals surface area (Å²) in [4.78, 5) is 2.53. The third kappa shape index (κ3) is 3.57. The predicted octanol–water partition coefficient (Wildman–Crippen LogP) is 3.18. The van der Waals surface area contributed by atoms with Crippen LogP contribution in [-0.2, 0) is 6.54 Å². The van der Waals surface area contributed by atoms with Crippen molar-refractivity contribution in [1.29, 1.82) is 5.26 Å². The minimum Gasteiger partial charge on any atom is -0.296 e. The third-order valence-corrected chi connectivity index (χ3v) is 3.39. The lowest BCUT2D eigenvalue weighted by Crippen LogP contribution is -2.32. The van der Waals surface area contributed by atoms with Gasteiger partial charge in [-0.2, -0.15) is 5.26 Å². The van der Waals surface area contributed by atoms with Gasteiger partial charge in [-0.25, -0.2) is 0 Å². The molecule has 1 aliphatic rings. The largest absolute Gasteiger partial charge is 0.296 e. The number of benzene rings is 1. The Bertz CT molecular complexity index is 396. The van der Waals surface area contributed by atoms with Gasteiger partial charge >= 0.3 is 0 Å². The number of rotatable bonds is 5. The first-order valence-corrected chi connectivity index (χ1v) is 6.42. The Kier molecular flexibility index (Phi) is 3.81. The van der Waals surface area contributed by atoms with Crippen LogP contribution in [0.4, 0.5) is 0 Å². The van der Waals surface area contributed by atoms with Crippen molar-refractivity contribution >= 4 is 0 Å². The van der Waals surface area contributed by atoms with Gasteiger partial charge in [0.2, 0.25) is 0 Å². The van der Waals surface area contributed by atoms with Gasteiger partial charge in [-0.05, 0) is 50.3 Å². The van der Waals surface area contributed by atoms with Crippen molar-refractivity contribution in [2.45, 2.75) is 39.3 Å². The second-order valence-corrected chi connectivity index (χ2v) is 5.28.